The van der Waals surface area contributed by atoms with Crippen LogP contribution in [0.2, 0.25) is 0 Å². The molecular weight excluding hydrogens is 205 g/mol. The third-order valence-corrected chi connectivity index (χ3v) is 3.62. The first-order chi connectivity index (χ1) is 6.58. The second-order valence-corrected chi connectivity index (χ2v) is 4.97. The van der Waals surface area contributed by atoms with E-state index < -0.39 is 15.7 Å². The summed E-state index contributed by atoms with van der Waals surface area (Å²) in [6.45, 7) is 0.285. The fraction of sp³-hybridized carbons (Fsp3) is 0.333. The molecule has 0 aromatic heterocycles. The highest BCUT2D eigenvalue weighted by Crippen LogP contribution is 2.15. The van der Waals surface area contributed by atoms with Crippen molar-refractivity contribution >= 4 is 9.84 Å². The summed E-state index contributed by atoms with van der Waals surface area (Å²) >= 11 is 0. The molecule has 1 aromatic carbocycles. The number of rotatable bonds is 4. The molecule has 14 heavy (non-hydrogen) atoms. The molecule has 0 heterocycles. The van der Waals surface area contributed by atoms with Crippen LogP contribution in [-0.2, 0) is 9.84 Å². The zero-order valence-corrected chi connectivity index (χ0v) is 8.43. The van der Waals surface area contributed by atoms with Crippen LogP contribution in [0.5, 0.6) is 0 Å². The second kappa shape index (κ2) is 4.52. The summed E-state index contributed by atoms with van der Waals surface area (Å²) in [7, 11) is -3.51. The third kappa shape index (κ3) is 2.52. The minimum Gasteiger partial charge on any atom is -0.330 e. The molecule has 2 N–H and O–H groups in total. The quantitative estimate of drug-likeness (QED) is 0.816. The summed E-state index contributed by atoms with van der Waals surface area (Å²) in [5.41, 5.74) is 5.19. The number of benzene rings is 1. The largest absolute Gasteiger partial charge is 0.330 e. The van der Waals surface area contributed by atoms with E-state index in [9.17, 15) is 12.8 Å². The van der Waals surface area contributed by atoms with E-state index in [0.29, 0.717) is 6.42 Å². The molecule has 0 amide bonds. The van der Waals surface area contributed by atoms with Crippen molar-refractivity contribution in [1.29, 1.82) is 0 Å². The Morgan fingerprint density at radius 3 is 2.50 bits per heavy atom. The Hall–Kier alpha value is -0.940. The molecule has 1 aromatic rings. The summed E-state index contributed by atoms with van der Waals surface area (Å²) in [4.78, 5) is -0.242. The molecule has 0 unspecified atom stereocenters. The van der Waals surface area contributed by atoms with Crippen molar-refractivity contribution in [2.24, 2.45) is 5.73 Å². The molecule has 1 rings (SSSR count). The molecule has 0 radical (unpaired) electrons. The van der Waals surface area contributed by atoms with Crippen LogP contribution in [0.3, 0.4) is 0 Å². The van der Waals surface area contributed by atoms with Gasteiger partial charge in [-0.25, -0.2) is 12.8 Å². The van der Waals surface area contributed by atoms with E-state index in [1.54, 1.807) is 0 Å². The van der Waals surface area contributed by atoms with E-state index in [2.05, 4.69) is 0 Å². The molecule has 0 aliphatic carbocycles. The van der Waals surface area contributed by atoms with Crippen LogP contribution in [0.15, 0.2) is 29.2 Å². The number of halogens is 1. The van der Waals surface area contributed by atoms with Crippen LogP contribution in [-0.4, -0.2) is 20.7 Å². The smallest absolute Gasteiger partial charge is 0.181 e. The van der Waals surface area contributed by atoms with Crippen molar-refractivity contribution < 1.29 is 12.8 Å². The number of hydrogen-bond acceptors (Lipinski definition) is 3. The molecule has 78 valence electrons. The van der Waals surface area contributed by atoms with Crippen LogP contribution < -0.4 is 5.73 Å². The number of sulfone groups is 1. The first-order valence-corrected chi connectivity index (χ1v) is 5.90. The summed E-state index contributed by atoms with van der Waals surface area (Å²) in [6.07, 6.45) is 0.344. The van der Waals surface area contributed by atoms with Crippen molar-refractivity contribution in [2.75, 3.05) is 12.3 Å². The van der Waals surface area contributed by atoms with Crippen LogP contribution in [0, 0.1) is 5.82 Å². The van der Waals surface area contributed by atoms with Gasteiger partial charge in [-0.1, -0.05) is 12.1 Å². The number of hydrogen-bond donors (Lipinski definition) is 1. The van der Waals surface area contributed by atoms with Gasteiger partial charge in [0.15, 0.2) is 9.84 Å². The van der Waals surface area contributed by atoms with Crippen molar-refractivity contribution in [3.05, 3.63) is 30.1 Å². The van der Waals surface area contributed by atoms with E-state index in [1.165, 1.54) is 18.2 Å². The first kappa shape index (κ1) is 11.1. The average molecular weight is 217 g/mol. The Balaban J connectivity index is 2.99. The molecule has 5 heteroatoms. The summed E-state index contributed by atoms with van der Waals surface area (Å²) in [5.74, 6) is -0.811. The van der Waals surface area contributed by atoms with Gasteiger partial charge in [0.2, 0.25) is 0 Å². The van der Waals surface area contributed by atoms with Crippen molar-refractivity contribution in [1.82, 2.24) is 0 Å². The topological polar surface area (TPSA) is 60.2 Å². The van der Waals surface area contributed by atoms with Gasteiger partial charge in [0.25, 0.3) is 0 Å². The van der Waals surface area contributed by atoms with Crippen LogP contribution in [0.25, 0.3) is 0 Å². The molecule has 0 saturated heterocycles. The van der Waals surface area contributed by atoms with Crippen molar-refractivity contribution in [2.45, 2.75) is 11.3 Å². The Morgan fingerprint density at radius 1 is 1.29 bits per heavy atom. The minimum absolute atomic E-state index is 0.107. The van der Waals surface area contributed by atoms with Crippen molar-refractivity contribution in [3.8, 4) is 0 Å². The maximum atomic E-state index is 13.1. The average Bonchev–Trinajstić information content (AvgIpc) is 2.15. The van der Waals surface area contributed by atoms with Crippen molar-refractivity contribution in [3.63, 3.8) is 0 Å². The Kier molecular flexibility index (Phi) is 3.60. The van der Waals surface area contributed by atoms with Crippen LogP contribution in [0.4, 0.5) is 4.39 Å². The van der Waals surface area contributed by atoms with Gasteiger partial charge in [0, 0.05) is 0 Å². The highest BCUT2D eigenvalue weighted by molar-refractivity contribution is 7.91. The monoisotopic (exact) mass is 217 g/mol. The first-order valence-electron chi connectivity index (χ1n) is 4.25. The Bertz CT molecular complexity index is 403. The van der Waals surface area contributed by atoms with E-state index in [0.717, 1.165) is 6.07 Å². The van der Waals surface area contributed by atoms with Gasteiger partial charge in [-0.3, -0.25) is 0 Å². The van der Waals surface area contributed by atoms with E-state index in [-0.39, 0.29) is 17.2 Å². The highest BCUT2D eigenvalue weighted by atomic mass is 32.2. The molecule has 0 aliphatic rings. The molecule has 3 nitrogen and oxygen atoms in total. The van der Waals surface area contributed by atoms with Gasteiger partial charge in [0.05, 0.1) is 5.75 Å². The van der Waals surface area contributed by atoms with Gasteiger partial charge in [-0.15, -0.1) is 0 Å². The molecular formula is C9H12FNO2S. The maximum absolute atomic E-state index is 13.1. The van der Waals surface area contributed by atoms with Gasteiger partial charge in [-0.05, 0) is 25.1 Å². The Morgan fingerprint density at radius 2 is 1.93 bits per heavy atom. The zero-order valence-electron chi connectivity index (χ0n) is 7.61. The lowest BCUT2D eigenvalue weighted by molar-refractivity contribution is 0.565. The lowest BCUT2D eigenvalue weighted by Gasteiger charge is -2.03. The van der Waals surface area contributed by atoms with Crippen LogP contribution in [0.1, 0.15) is 6.42 Å². The lowest BCUT2D eigenvalue weighted by Crippen LogP contribution is -2.12. The molecule has 0 bridgehead atoms. The highest BCUT2D eigenvalue weighted by Gasteiger charge is 2.17. The van der Waals surface area contributed by atoms with Gasteiger partial charge >= 0.3 is 0 Å². The summed E-state index contributed by atoms with van der Waals surface area (Å²) in [6, 6.07) is 5.35. The summed E-state index contributed by atoms with van der Waals surface area (Å²) < 4.78 is 36.1. The van der Waals surface area contributed by atoms with Gasteiger partial charge in [-0.2, -0.15) is 0 Å². The second-order valence-electron chi connectivity index (χ2n) is 2.89. The van der Waals surface area contributed by atoms with E-state index in [4.69, 9.17) is 5.73 Å². The fourth-order valence-electron chi connectivity index (χ4n) is 1.08. The molecule has 0 atom stereocenters. The standard InChI is InChI=1S/C9H12FNO2S/c10-8-4-1-2-5-9(8)14(12,13)7-3-6-11/h1-2,4-5H,3,6-7,11H2. The molecule has 0 aliphatic heterocycles. The van der Waals surface area contributed by atoms with E-state index >= 15 is 0 Å². The predicted molar refractivity (Wildman–Crippen MR) is 52.1 cm³/mol. The van der Waals surface area contributed by atoms with E-state index in [1.807, 2.05) is 0 Å². The van der Waals surface area contributed by atoms with Gasteiger partial charge < -0.3 is 5.73 Å². The molecule has 0 spiro atoms. The third-order valence-electron chi connectivity index (χ3n) is 1.79. The zero-order chi connectivity index (χ0) is 10.6. The molecule has 0 saturated carbocycles. The summed E-state index contributed by atoms with van der Waals surface area (Å²) in [5, 5.41) is 0. The van der Waals surface area contributed by atoms with Crippen LogP contribution >= 0.6 is 0 Å². The predicted octanol–water partition coefficient (Wildman–Crippen LogP) is 0.948. The fourth-order valence-corrected chi connectivity index (χ4v) is 2.50. The normalized spacial score (nSPS) is 11.6. The molecule has 0 fully saturated rings. The number of nitrogens with two attached hydrogens (primary N) is 1. The maximum Gasteiger partial charge on any atom is 0.181 e. The Labute approximate surface area is 82.7 Å². The SMILES string of the molecule is NCCCS(=O)(=O)c1ccccc1F. The van der Waals surface area contributed by atoms with Gasteiger partial charge in [0.1, 0.15) is 10.7 Å². The minimum atomic E-state index is -3.51. The lowest BCUT2D eigenvalue weighted by atomic mass is 10.3.